The molecule has 0 spiro atoms. The summed E-state index contributed by atoms with van der Waals surface area (Å²) in [4.78, 5) is 21.5. The molecule has 2 amide bonds. The molecule has 0 rings (SSSR count). The quantitative estimate of drug-likeness (QED) is 0.493. The van der Waals surface area contributed by atoms with Gasteiger partial charge in [0.15, 0.2) is 0 Å². The lowest BCUT2D eigenvalue weighted by Crippen LogP contribution is -2.27. The van der Waals surface area contributed by atoms with Crippen LogP contribution in [0, 0.1) is 0 Å². The number of allylic oxidation sites excluding steroid dienone is 1. The monoisotopic (exact) mass is 181 g/mol. The summed E-state index contributed by atoms with van der Waals surface area (Å²) in [5.41, 5.74) is 7.09. The predicted octanol–water partition coefficient (Wildman–Crippen LogP) is 0.434. The van der Waals surface area contributed by atoms with Crippen LogP contribution in [0.1, 0.15) is 13.3 Å². The summed E-state index contributed by atoms with van der Waals surface area (Å²) < 4.78 is 0. The van der Waals surface area contributed by atoms with Crippen molar-refractivity contribution >= 4 is 11.8 Å². The van der Waals surface area contributed by atoms with E-state index in [9.17, 15) is 9.59 Å². The predicted molar refractivity (Wildman–Crippen MR) is 49.7 cm³/mol. The summed E-state index contributed by atoms with van der Waals surface area (Å²) in [6, 6.07) is 0. The van der Waals surface area contributed by atoms with Gasteiger partial charge >= 0.3 is 0 Å². The Bertz CT molecular complexity index is 244. The average Bonchev–Trinajstić information content (AvgIpc) is 2.05. The zero-order valence-electron chi connectivity index (χ0n) is 7.59. The van der Waals surface area contributed by atoms with Crippen LogP contribution in [0.5, 0.6) is 0 Å². The van der Waals surface area contributed by atoms with Crippen molar-refractivity contribution in [2.75, 3.05) is 6.54 Å². The second-order valence-electron chi connectivity index (χ2n) is 2.41. The summed E-state index contributed by atoms with van der Waals surface area (Å²) in [5, 5.41) is 2.50. The molecule has 0 aromatic carbocycles. The Morgan fingerprint density at radius 2 is 2.15 bits per heavy atom. The third-order valence-electron chi connectivity index (χ3n) is 1.45. The summed E-state index contributed by atoms with van der Waals surface area (Å²) >= 11 is 0. The van der Waals surface area contributed by atoms with Crippen molar-refractivity contribution in [1.82, 2.24) is 11.1 Å². The van der Waals surface area contributed by atoms with Crippen molar-refractivity contribution in [2.45, 2.75) is 13.3 Å². The minimum absolute atomic E-state index is 0.117. The Kier molecular flexibility index (Phi) is 5.27. The molecule has 4 nitrogen and oxygen atoms in total. The smallest absolute Gasteiger partial charge is 0.267 e. The van der Waals surface area contributed by atoms with Crippen molar-refractivity contribution in [3.63, 3.8) is 0 Å². The normalized spacial score (nSPS) is 10.7. The van der Waals surface area contributed by atoms with Gasteiger partial charge in [-0.2, -0.15) is 0 Å². The number of rotatable bonds is 5. The Morgan fingerprint density at radius 1 is 1.54 bits per heavy atom. The van der Waals surface area contributed by atoms with Crippen LogP contribution in [0.4, 0.5) is 0 Å². The van der Waals surface area contributed by atoms with Crippen LogP contribution in [-0.4, -0.2) is 18.4 Å². The fraction of sp³-hybridized carbons (Fsp3) is 0.333. The van der Waals surface area contributed by atoms with Gasteiger partial charge < -0.3 is 5.32 Å². The van der Waals surface area contributed by atoms with Crippen molar-refractivity contribution in [3.8, 4) is 0 Å². The van der Waals surface area contributed by atoms with E-state index in [1.54, 1.807) is 6.92 Å². The summed E-state index contributed by atoms with van der Waals surface area (Å²) in [7, 11) is 0. The summed E-state index contributed by atoms with van der Waals surface area (Å²) in [5.74, 6) is -0.961. The maximum absolute atomic E-state index is 10.9. The first kappa shape index (κ1) is 11.4. The maximum atomic E-state index is 10.9. The van der Waals surface area contributed by atoms with E-state index in [4.69, 9.17) is 5.73 Å². The number of hydrogen-bond donors (Lipinski definition) is 1. The first-order valence-electron chi connectivity index (χ1n) is 3.90. The lowest BCUT2D eigenvalue weighted by molar-refractivity contribution is -0.120. The molecule has 0 aromatic heterocycles. The Balaban J connectivity index is 3.93. The van der Waals surface area contributed by atoms with E-state index < -0.39 is 5.91 Å². The molecule has 0 saturated heterocycles. The summed E-state index contributed by atoms with van der Waals surface area (Å²) in [6.07, 6.45) is 3.22. The lowest BCUT2D eigenvalue weighted by Gasteiger charge is -2.03. The van der Waals surface area contributed by atoms with Crippen molar-refractivity contribution in [2.24, 2.45) is 0 Å². The molecular formula is C9H13N2O2. The van der Waals surface area contributed by atoms with Gasteiger partial charge in [-0.05, 0) is 6.92 Å². The summed E-state index contributed by atoms with van der Waals surface area (Å²) in [6.45, 7) is 5.17. The van der Waals surface area contributed by atoms with Crippen LogP contribution < -0.4 is 11.1 Å². The van der Waals surface area contributed by atoms with E-state index in [-0.39, 0.29) is 24.4 Å². The number of hydrogen-bond acceptors (Lipinski definition) is 2. The third kappa shape index (κ3) is 4.79. The maximum Gasteiger partial charge on any atom is 0.267 e. The zero-order chi connectivity index (χ0) is 10.3. The number of carbonyl (C=O) groups excluding carboxylic acids is 2. The highest BCUT2D eigenvalue weighted by atomic mass is 16.2. The first-order chi connectivity index (χ1) is 6.11. The molecule has 1 radical (unpaired) electrons. The Hall–Kier alpha value is -1.58. The Morgan fingerprint density at radius 3 is 2.54 bits per heavy atom. The number of nitrogens with one attached hydrogen (secondary N) is 2. The highest BCUT2D eigenvalue weighted by Gasteiger charge is 2.05. The molecule has 2 N–H and O–H groups in total. The minimum Gasteiger partial charge on any atom is -0.352 e. The van der Waals surface area contributed by atoms with Crippen LogP contribution in [0.25, 0.3) is 0 Å². The molecule has 0 aliphatic carbocycles. The van der Waals surface area contributed by atoms with E-state index in [1.165, 1.54) is 12.2 Å². The van der Waals surface area contributed by atoms with Gasteiger partial charge in [-0.15, -0.1) is 6.58 Å². The van der Waals surface area contributed by atoms with E-state index in [1.807, 2.05) is 0 Å². The Labute approximate surface area is 77.5 Å². The topological polar surface area (TPSA) is 70.0 Å². The largest absolute Gasteiger partial charge is 0.352 e. The van der Waals surface area contributed by atoms with E-state index in [2.05, 4.69) is 11.9 Å². The van der Waals surface area contributed by atoms with Crippen LogP contribution in [0.3, 0.4) is 0 Å². The van der Waals surface area contributed by atoms with Crippen molar-refractivity contribution in [1.29, 1.82) is 0 Å². The van der Waals surface area contributed by atoms with Gasteiger partial charge in [0.05, 0.1) is 0 Å². The zero-order valence-corrected chi connectivity index (χ0v) is 7.59. The van der Waals surface area contributed by atoms with Crippen LogP contribution in [0.2, 0.25) is 0 Å². The second-order valence-corrected chi connectivity index (χ2v) is 2.41. The molecule has 13 heavy (non-hydrogen) atoms. The number of carbonyl (C=O) groups is 2. The van der Waals surface area contributed by atoms with Crippen LogP contribution in [0.15, 0.2) is 24.3 Å². The highest BCUT2D eigenvalue weighted by molar-refractivity contribution is 5.92. The molecular weight excluding hydrogens is 168 g/mol. The van der Waals surface area contributed by atoms with Gasteiger partial charge in [-0.3, -0.25) is 15.3 Å². The molecule has 4 heteroatoms. The molecule has 0 aromatic rings. The van der Waals surface area contributed by atoms with Gasteiger partial charge in [0.25, 0.3) is 5.91 Å². The van der Waals surface area contributed by atoms with Crippen molar-refractivity contribution in [3.05, 3.63) is 24.3 Å². The molecule has 0 atom stereocenters. The molecule has 0 aliphatic heterocycles. The standard InChI is InChI=1S/C9H13N2O2/c1-3-5-8(12)11-6-7(4-2)9(10)13/h3-4,10H,1,5-6H2,2H3,(H,11,12). The molecule has 0 unspecified atom stereocenters. The molecule has 0 fully saturated rings. The van der Waals surface area contributed by atoms with Gasteiger partial charge in [0, 0.05) is 18.5 Å². The van der Waals surface area contributed by atoms with E-state index in [0.717, 1.165) is 0 Å². The molecule has 71 valence electrons. The van der Waals surface area contributed by atoms with Gasteiger partial charge in [0.1, 0.15) is 0 Å². The molecule has 0 bridgehead atoms. The molecule has 0 aliphatic rings. The van der Waals surface area contributed by atoms with E-state index in [0.29, 0.717) is 0 Å². The fourth-order valence-electron chi connectivity index (χ4n) is 0.711. The first-order valence-corrected chi connectivity index (χ1v) is 3.90. The van der Waals surface area contributed by atoms with Gasteiger partial charge in [-0.25, -0.2) is 0 Å². The van der Waals surface area contributed by atoms with Gasteiger partial charge in [0.2, 0.25) is 5.91 Å². The highest BCUT2D eigenvalue weighted by Crippen LogP contribution is 1.91. The third-order valence-corrected chi connectivity index (χ3v) is 1.45. The lowest BCUT2D eigenvalue weighted by atomic mass is 10.2. The van der Waals surface area contributed by atoms with Gasteiger partial charge in [-0.1, -0.05) is 12.2 Å². The molecule has 0 saturated carbocycles. The van der Waals surface area contributed by atoms with Crippen LogP contribution >= 0.6 is 0 Å². The fourth-order valence-corrected chi connectivity index (χ4v) is 0.711. The minimum atomic E-state index is -0.763. The molecule has 0 heterocycles. The van der Waals surface area contributed by atoms with Crippen LogP contribution in [-0.2, 0) is 9.59 Å². The average molecular weight is 181 g/mol. The number of amides is 2. The second kappa shape index (κ2) is 5.99. The SMILES string of the molecule is C=CCC(=O)NCC(=CC)C([NH])=O. The van der Waals surface area contributed by atoms with E-state index >= 15 is 0 Å². The van der Waals surface area contributed by atoms with Crippen molar-refractivity contribution < 1.29 is 9.59 Å².